The van der Waals surface area contributed by atoms with Crippen molar-refractivity contribution in [3.8, 4) is 23.5 Å². The molecule has 2 atom stereocenters. The maximum Gasteiger partial charge on any atom is 0.416 e. The number of likely N-dealkylation sites (tertiary alicyclic amines) is 1. The fourth-order valence-corrected chi connectivity index (χ4v) is 6.14. The maximum absolute atomic E-state index is 14.1. The number of benzene rings is 1. The molecule has 3 aromatic rings. The highest BCUT2D eigenvalue weighted by atomic mass is 19.4. The van der Waals surface area contributed by atoms with Crippen LogP contribution in [-0.2, 0) is 26.9 Å². The molecule has 0 radical (unpaired) electrons. The third-order valence-corrected chi connectivity index (χ3v) is 8.65. The number of alkyl halides is 3. The number of carboxylic acids is 1. The number of amides is 1. The molecule has 1 aromatic carbocycles. The number of ether oxygens (including phenoxy) is 1. The molecule has 0 bridgehead atoms. The number of carboxylic acid groups (broad SMARTS) is 1. The van der Waals surface area contributed by atoms with E-state index in [9.17, 15) is 32.7 Å². The standard InChI is InChI=1S/C36H41F3N4O5/c1-7-29-27(34-22(4)9-8-10-23(34)5)14-25(17-40-29)30(16-33(45)46)41-35(47)31(13-21(2)3)43-18-24(11-12-42-19-26(20-42)48-6)28(15-32(43)44)36(37,38)39/h1,8-10,14-15,17-18,21,26,30-31H,11-13,16,19-20H2,2-6H3,(H,41,47)(H,45,46). The number of carbonyl (C=O) groups is 2. The Morgan fingerprint density at radius 2 is 1.85 bits per heavy atom. The van der Waals surface area contributed by atoms with E-state index in [0.29, 0.717) is 42.5 Å². The van der Waals surface area contributed by atoms with E-state index in [-0.39, 0.29) is 30.4 Å². The second kappa shape index (κ2) is 15.2. The molecule has 2 N–H and O–H groups in total. The van der Waals surface area contributed by atoms with Crippen molar-refractivity contribution >= 4 is 11.9 Å². The highest BCUT2D eigenvalue weighted by Crippen LogP contribution is 2.34. The second-order valence-electron chi connectivity index (χ2n) is 12.7. The van der Waals surface area contributed by atoms with Gasteiger partial charge in [-0.2, -0.15) is 13.2 Å². The topological polar surface area (TPSA) is 114 Å². The largest absolute Gasteiger partial charge is 0.481 e. The first-order valence-electron chi connectivity index (χ1n) is 15.8. The number of hydrogen-bond donors (Lipinski definition) is 2. The van der Waals surface area contributed by atoms with E-state index >= 15 is 0 Å². The molecule has 1 aliphatic rings. The predicted molar refractivity (Wildman–Crippen MR) is 175 cm³/mol. The monoisotopic (exact) mass is 666 g/mol. The lowest BCUT2D eigenvalue weighted by molar-refractivity contribution is -0.139. The molecule has 0 spiro atoms. The van der Waals surface area contributed by atoms with Gasteiger partial charge < -0.3 is 19.7 Å². The molecule has 0 aliphatic carbocycles. The lowest BCUT2D eigenvalue weighted by Crippen LogP contribution is -2.52. The van der Waals surface area contributed by atoms with E-state index in [4.69, 9.17) is 11.2 Å². The fourth-order valence-electron chi connectivity index (χ4n) is 6.14. The molecule has 48 heavy (non-hydrogen) atoms. The van der Waals surface area contributed by atoms with Gasteiger partial charge in [-0.15, -0.1) is 6.42 Å². The third-order valence-electron chi connectivity index (χ3n) is 8.65. The van der Waals surface area contributed by atoms with Gasteiger partial charge in [-0.1, -0.05) is 32.0 Å². The van der Waals surface area contributed by atoms with Crippen LogP contribution in [0.25, 0.3) is 11.1 Å². The predicted octanol–water partition coefficient (Wildman–Crippen LogP) is 5.32. The number of nitrogens with zero attached hydrogens (tertiary/aromatic N) is 3. The van der Waals surface area contributed by atoms with Crippen LogP contribution in [0.15, 0.2) is 47.5 Å². The number of nitrogens with one attached hydrogen (secondary N) is 1. The summed E-state index contributed by atoms with van der Waals surface area (Å²) >= 11 is 0. The van der Waals surface area contributed by atoms with Crippen LogP contribution in [-0.4, -0.2) is 64.3 Å². The number of aliphatic carboxylic acids is 1. The van der Waals surface area contributed by atoms with Crippen molar-refractivity contribution in [3.63, 3.8) is 0 Å². The Balaban J connectivity index is 1.73. The molecule has 2 unspecified atom stereocenters. The normalized spacial score (nSPS) is 15.1. The van der Waals surface area contributed by atoms with E-state index < -0.39 is 47.7 Å². The van der Waals surface area contributed by atoms with E-state index in [1.807, 2.05) is 50.8 Å². The molecule has 12 heteroatoms. The molecular weight excluding hydrogens is 625 g/mol. The lowest BCUT2D eigenvalue weighted by atomic mass is 9.92. The molecule has 2 aromatic heterocycles. The van der Waals surface area contributed by atoms with Crippen molar-refractivity contribution < 1.29 is 32.6 Å². The lowest BCUT2D eigenvalue weighted by Gasteiger charge is -2.38. The molecule has 1 saturated heterocycles. The summed E-state index contributed by atoms with van der Waals surface area (Å²) in [6.07, 6.45) is 3.13. The highest BCUT2D eigenvalue weighted by molar-refractivity contribution is 5.82. The molecule has 0 saturated carbocycles. The average molecular weight is 667 g/mol. The van der Waals surface area contributed by atoms with Gasteiger partial charge in [0.1, 0.15) is 11.7 Å². The minimum Gasteiger partial charge on any atom is -0.481 e. The van der Waals surface area contributed by atoms with Crippen LogP contribution >= 0.6 is 0 Å². The maximum atomic E-state index is 14.1. The van der Waals surface area contributed by atoms with Gasteiger partial charge in [0.25, 0.3) is 5.56 Å². The Kier molecular flexibility index (Phi) is 11.5. The third kappa shape index (κ3) is 8.51. The number of aryl methyl sites for hydroxylation is 2. The first-order chi connectivity index (χ1) is 22.6. The van der Waals surface area contributed by atoms with E-state index in [2.05, 4.69) is 16.2 Å². The number of methoxy groups -OCH3 is 1. The van der Waals surface area contributed by atoms with Crippen molar-refractivity contribution in [3.05, 3.63) is 86.6 Å². The molecule has 1 aliphatic heterocycles. The Labute approximate surface area is 278 Å². The number of hydrogen-bond acceptors (Lipinski definition) is 6. The minimum absolute atomic E-state index is 0.00247. The zero-order valence-electron chi connectivity index (χ0n) is 27.7. The van der Waals surface area contributed by atoms with Crippen molar-refractivity contribution in [1.29, 1.82) is 0 Å². The summed E-state index contributed by atoms with van der Waals surface area (Å²) in [7, 11) is 1.58. The van der Waals surface area contributed by atoms with Crippen LogP contribution in [0.2, 0.25) is 0 Å². The summed E-state index contributed by atoms with van der Waals surface area (Å²) in [5.41, 5.74) is 1.84. The van der Waals surface area contributed by atoms with E-state index in [1.165, 1.54) is 6.20 Å². The van der Waals surface area contributed by atoms with Crippen molar-refractivity contribution in [2.75, 3.05) is 26.7 Å². The van der Waals surface area contributed by atoms with Crippen molar-refractivity contribution in [2.45, 2.75) is 71.3 Å². The molecule has 256 valence electrons. The Hall–Kier alpha value is -4.47. The van der Waals surface area contributed by atoms with Crippen molar-refractivity contribution in [2.24, 2.45) is 5.92 Å². The highest BCUT2D eigenvalue weighted by Gasteiger charge is 2.36. The SMILES string of the molecule is C#Cc1ncc(C(CC(=O)O)NC(=O)C(CC(C)C)n2cc(CCN3CC(OC)C3)c(C(F)(F)F)cc2=O)cc1-c1c(C)cccc1C. The van der Waals surface area contributed by atoms with Gasteiger partial charge in [0.05, 0.1) is 24.1 Å². The van der Waals surface area contributed by atoms with Gasteiger partial charge in [-0.3, -0.25) is 19.3 Å². The average Bonchev–Trinajstić information content (AvgIpc) is 2.98. The van der Waals surface area contributed by atoms with Crippen LogP contribution in [0, 0.1) is 32.1 Å². The molecule has 9 nitrogen and oxygen atoms in total. The molecule has 4 rings (SSSR count). The zero-order valence-corrected chi connectivity index (χ0v) is 27.7. The molecule has 1 fully saturated rings. The van der Waals surface area contributed by atoms with E-state index in [1.54, 1.807) is 13.2 Å². The minimum atomic E-state index is -4.77. The van der Waals surface area contributed by atoms with E-state index in [0.717, 1.165) is 27.5 Å². The first kappa shape index (κ1) is 36.4. The summed E-state index contributed by atoms with van der Waals surface area (Å²) < 4.78 is 48.5. The first-order valence-corrected chi connectivity index (χ1v) is 15.8. The number of pyridine rings is 2. The molecule has 3 heterocycles. The van der Waals surface area contributed by atoms with Gasteiger partial charge in [-0.25, -0.2) is 4.98 Å². The zero-order chi connectivity index (χ0) is 35.3. The van der Waals surface area contributed by atoms with Gasteiger partial charge in [0, 0.05) is 50.8 Å². The number of aromatic nitrogens is 2. The quantitative estimate of drug-likeness (QED) is 0.238. The molecular formula is C36H41F3N4O5. The summed E-state index contributed by atoms with van der Waals surface area (Å²) in [5.74, 6) is 0.520. The number of carbonyl (C=O) groups excluding carboxylic acids is 1. The Morgan fingerprint density at radius 1 is 1.19 bits per heavy atom. The van der Waals surface area contributed by atoms with Gasteiger partial charge in [-0.05, 0) is 72.4 Å². The number of rotatable bonds is 13. The summed E-state index contributed by atoms with van der Waals surface area (Å²) in [4.78, 5) is 45.6. The van der Waals surface area contributed by atoms with Crippen LogP contribution < -0.4 is 10.9 Å². The van der Waals surface area contributed by atoms with Gasteiger partial charge in [0.15, 0.2) is 0 Å². The summed E-state index contributed by atoms with van der Waals surface area (Å²) in [6.45, 7) is 8.95. The Bertz CT molecular complexity index is 1740. The van der Waals surface area contributed by atoms with Crippen molar-refractivity contribution in [1.82, 2.24) is 19.8 Å². The van der Waals surface area contributed by atoms with Gasteiger partial charge >= 0.3 is 12.1 Å². The summed E-state index contributed by atoms with van der Waals surface area (Å²) in [5, 5.41) is 12.6. The molecule has 1 amide bonds. The number of terminal acetylenes is 1. The summed E-state index contributed by atoms with van der Waals surface area (Å²) in [6, 6.07) is 5.67. The van der Waals surface area contributed by atoms with Crippen LogP contribution in [0.1, 0.15) is 72.3 Å². The fraction of sp³-hybridized carbons (Fsp3) is 0.444. The van der Waals surface area contributed by atoms with Crippen LogP contribution in [0.3, 0.4) is 0 Å². The van der Waals surface area contributed by atoms with Gasteiger partial charge in [0.2, 0.25) is 5.91 Å². The second-order valence-corrected chi connectivity index (χ2v) is 12.7. The van der Waals surface area contributed by atoms with Crippen LogP contribution in [0.4, 0.5) is 13.2 Å². The Morgan fingerprint density at radius 3 is 2.42 bits per heavy atom. The number of halogens is 3. The smallest absolute Gasteiger partial charge is 0.416 e. The van der Waals surface area contributed by atoms with Crippen LogP contribution in [0.5, 0.6) is 0 Å².